The number of benzene rings is 11. The molecular formula is C81H69N5O4. The average molecular weight is 1180 g/mol. The van der Waals surface area contributed by atoms with E-state index in [1.165, 1.54) is 93.6 Å². The summed E-state index contributed by atoms with van der Waals surface area (Å²) in [6.07, 6.45) is 5.73. The zero-order chi connectivity index (χ0) is 61.3. The number of aromatic amines is 1. The normalized spacial score (nSPS) is 13.9. The summed E-state index contributed by atoms with van der Waals surface area (Å²) in [5.74, 6) is 0.0774. The molecule has 0 spiro atoms. The Morgan fingerprint density at radius 2 is 0.867 bits per heavy atom. The monoisotopic (exact) mass is 1180 g/mol. The highest BCUT2D eigenvalue weighted by atomic mass is 16.6. The van der Waals surface area contributed by atoms with Crippen LogP contribution in [0.3, 0.4) is 0 Å². The molecule has 6 heterocycles. The second-order valence-electron chi connectivity index (χ2n) is 22.5. The van der Waals surface area contributed by atoms with Gasteiger partial charge in [-0.15, -0.1) is 0 Å². The standard InChI is InChI=1S/C22H19NO2.C16H15NO.C15H13NO.2C14H11N/c1-17(2)22(24)25-21-15-13-20(14-16-21)23(18-9-5-3-6-10-18)19-11-7-4-8-12-19;1-3-7-15-13(5-1)14-6-2-4-8-16(14)17(15)11-12-9-10-18-12;1-3-7-14-12(5-1)13-6-2-4-8-15(13)16(14)9-11-10-17-11;1-2-15-13-9-5-3-7-11(13)12-8-4-6-10-14(12)15;1-2-10-7-8-14-12(9-10)11-5-3-4-6-13(11)15-14/h3-16H,1H2,2H3;1-8,12H,9-11H2;1-8,11H,9-10H2;2-10H,1H2;2-9,15H,1H2. The lowest BCUT2D eigenvalue weighted by molar-refractivity contribution is -0.130. The Hall–Kier alpha value is -11.0. The summed E-state index contributed by atoms with van der Waals surface area (Å²) in [6, 6.07) is 93.6. The van der Waals surface area contributed by atoms with Crippen molar-refractivity contribution in [3.8, 4) is 5.75 Å². The van der Waals surface area contributed by atoms with Crippen molar-refractivity contribution in [1.29, 1.82) is 0 Å². The fourth-order valence-electron chi connectivity index (χ4n) is 12.0. The van der Waals surface area contributed by atoms with Crippen LogP contribution in [-0.4, -0.2) is 50.1 Å². The molecular weight excluding hydrogens is 1110 g/mol. The van der Waals surface area contributed by atoms with Crippen molar-refractivity contribution in [3.05, 3.63) is 304 Å². The zero-order valence-corrected chi connectivity index (χ0v) is 50.4. The third-order valence-electron chi connectivity index (χ3n) is 16.6. The first-order valence-corrected chi connectivity index (χ1v) is 30.6. The van der Waals surface area contributed by atoms with Crippen molar-refractivity contribution in [2.45, 2.75) is 38.6 Å². The summed E-state index contributed by atoms with van der Waals surface area (Å²) in [5, 5.41) is 10.5. The first-order valence-electron chi connectivity index (χ1n) is 30.6. The second-order valence-corrected chi connectivity index (χ2v) is 22.5. The molecule has 0 radical (unpaired) electrons. The van der Waals surface area contributed by atoms with Crippen molar-refractivity contribution in [3.63, 3.8) is 0 Å². The van der Waals surface area contributed by atoms with Gasteiger partial charge < -0.3 is 37.8 Å². The molecule has 11 aromatic carbocycles. The highest BCUT2D eigenvalue weighted by molar-refractivity contribution is 6.11. The number of nitrogens with zero attached hydrogens (tertiary/aromatic N) is 4. The molecule has 2 aliphatic heterocycles. The smallest absolute Gasteiger partial charge is 0.338 e. The molecule has 2 atom stereocenters. The average Bonchev–Trinajstić information content (AvgIpc) is 1.73. The Balaban J connectivity index is 0.000000105. The molecule has 9 heteroatoms. The van der Waals surface area contributed by atoms with Crippen molar-refractivity contribution in [2.24, 2.45) is 0 Å². The molecule has 0 amide bonds. The minimum Gasteiger partial charge on any atom is -0.423 e. The second kappa shape index (κ2) is 26.6. The van der Waals surface area contributed by atoms with Gasteiger partial charge in [-0.25, -0.2) is 4.79 Å². The van der Waals surface area contributed by atoms with Gasteiger partial charge in [0, 0.05) is 118 Å². The Morgan fingerprint density at radius 3 is 1.29 bits per heavy atom. The van der Waals surface area contributed by atoms with Crippen molar-refractivity contribution >= 4 is 123 Å². The van der Waals surface area contributed by atoms with E-state index in [1.54, 1.807) is 19.1 Å². The van der Waals surface area contributed by atoms with E-state index in [9.17, 15) is 4.79 Å². The highest BCUT2D eigenvalue weighted by Crippen LogP contribution is 2.37. The molecule has 4 aromatic heterocycles. The number of rotatable bonds is 11. The van der Waals surface area contributed by atoms with Crippen LogP contribution < -0.4 is 9.64 Å². The van der Waals surface area contributed by atoms with Crippen molar-refractivity contribution in [2.75, 3.05) is 18.1 Å². The van der Waals surface area contributed by atoms with Gasteiger partial charge in [0.15, 0.2) is 0 Å². The first-order chi connectivity index (χ1) is 44.3. The molecule has 2 aliphatic rings. The van der Waals surface area contributed by atoms with Gasteiger partial charge in [-0.3, -0.25) is 0 Å². The third kappa shape index (κ3) is 12.3. The molecule has 0 bridgehead atoms. The quantitative estimate of drug-likeness (QED) is 0.0604. The third-order valence-corrected chi connectivity index (χ3v) is 16.6. The Bertz CT molecular complexity index is 4830. The van der Waals surface area contributed by atoms with E-state index >= 15 is 0 Å². The maximum absolute atomic E-state index is 11.6. The van der Waals surface area contributed by atoms with Crippen molar-refractivity contribution < 1.29 is 19.0 Å². The molecule has 2 saturated heterocycles. The lowest BCUT2D eigenvalue weighted by Crippen LogP contribution is -2.31. The lowest BCUT2D eigenvalue weighted by atomic mass is 10.1. The molecule has 442 valence electrons. The molecule has 17 rings (SSSR count). The van der Waals surface area contributed by atoms with Gasteiger partial charge in [0.25, 0.3) is 0 Å². The van der Waals surface area contributed by atoms with E-state index in [1.807, 2.05) is 66.9 Å². The number of esters is 1. The number of anilines is 3. The molecule has 0 aliphatic carbocycles. The van der Waals surface area contributed by atoms with Crippen LogP contribution >= 0.6 is 0 Å². The molecule has 15 aromatic rings. The number of para-hydroxylation sites is 9. The fourth-order valence-corrected chi connectivity index (χ4v) is 12.0. The van der Waals surface area contributed by atoms with Crippen LogP contribution in [0.4, 0.5) is 17.1 Å². The van der Waals surface area contributed by atoms with E-state index < -0.39 is 5.97 Å². The first kappa shape index (κ1) is 58.1. The zero-order valence-electron chi connectivity index (χ0n) is 50.4. The molecule has 0 saturated carbocycles. The maximum Gasteiger partial charge on any atom is 0.338 e. The predicted molar refractivity (Wildman–Crippen MR) is 376 cm³/mol. The number of carbonyl (C=O) groups excluding carboxylic acids is 1. The van der Waals surface area contributed by atoms with E-state index in [0.29, 0.717) is 23.5 Å². The van der Waals surface area contributed by atoms with Crippen LogP contribution in [0.2, 0.25) is 0 Å². The topological polar surface area (TPSA) is 81.9 Å². The van der Waals surface area contributed by atoms with Gasteiger partial charge in [-0.2, -0.15) is 0 Å². The van der Waals surface area contributed by atoms with Crippen LogP contribution in [0, 0.1) is 0 Å². The van der Waals surface area contributed by atoms with Crippen LogP contribution in [0.5, 0.6) is 5.75 Å². The fraction of sp³-hybridized carbons (Fsp3) is 0.0988. The van der Waals surface area contributed by atoms with E-state index in [4.69, 9.17) is 14.2 Å². The van der Waals surface area contributed by atoms with Crippen LogP contribution in [-0.2, 0) is 27.4 Å². The van der Waals surface area contributed by atoms with Crippen molar-refractivity contribution in [1.82, 2.24) is 18.7 Å². The molecule has 2 unspecified atom stereocenters. The van der Waals surface area contributed by atoms with Gasteiger partial charge >= 0.3 is 5.97 Å². The highest BCUT2D eigenvalue weighted by Gasteiger charge is 2.25. The van der Waals surface area contributed by atoms with Gasteiger partial charge in [-0.05, 0) is 122 Å². The van der Waals surface area contributed by atoms with Gasteiger partial charge in [0.1, 0.15) is 5.75 Å². The molecule has 90 heavy (non-hydrogen) atoms. The number of fused-ring (bicyclic) bond motifs is 12. The summed E-state index contributed by atoms with van der Waals surface area (Å²) in [7, 11) is 0. The van der Waals surface area contributed by atoms with E-state index in [2.05, 4.69) is 250 Å². The number of carbonyl (C=O) groups is 1. The van der Waals surface area contributed by atoms with Gasteiger partial charge in [0.2, 0.25) is 0 Å². The number of H-pyrrole nitrogens is 1. The van der Waals surface area contributed by atoms with Crippen LogP contribution in [0.25, 0.3) is 99.5 Å². The number of hydrogen-bond donors (Lipinski definition) is 1. The van der Waals surface area contributed by atoms with E-state index in [0.717, 1.165) is 48.9 Å². The summed E-state index contributed by atoms with van der Waals surface area (Å²) < 4.78 is 23.1. The number of epoxide rings is 1. The number of aromatic nitrogens is 4. The minimum atomic E-state index is -0.421. The molecule has 1 N–H and O–H groups in total. The summed E-state index contributed by atoms with van der Waals surface area (Å²) in [5.41, 5.74) is 14.7. The summed E-state index contributed by atoms with van der Waals surface area (Å²) >= 11 is 0. The van der Waals surface area contributed by atoms with Gasteiger partial charge in [0.05, 0.1) is 36.4 Å². The predicted octanol–water partition coefficient (Wildman–Crippen LogP) is 20.3. The Labute approximate surface area is 523 Å². The number of ether oxygens (including phenoxy) is 3. The summed E-state index contributed by atoms with van der Waals surface area (Å²) in [6.45, 7) is 16.6. The lowest BCUT2D eigenvalue weighted by Gasteiger charge is -2.27. The minimum absolute atomic E-state index is 0.374. The molecule has 2 fully saturated rings. The van der Waals surface area contributed by atoms with Crippen LogP contribution in [0.1, 0.15) is 18.9 Å². The number of hydrogen-bond acceptors (Lipinski definition) is 5. The van der Waals surface area contributed by atoms with Gasteiger partial charge in [-0.1, -0.05) is 196 Å². The Kier molecular flexibility index (Phi) is 17.1. The largest absolute Gasteiger partial charge is 0.423 e. The van der Waals surface area contributed by atoms with Crippen LogP contribution in [0.15, 0.2) is 298 Å². The summed E-state index contributed by atoms with van der Waals surface area (Å²) in [4.78, 5) is 17.2. The maximum atomic E-state index is 11.6. The van der Waals surface area contributed by atoms with E-state index in [-0.39, 0.29) is 0 Å². The molecule has 9 nitrogen and oxygen atoms in total. The SMILES string of the molecule is C=C(C)C(=O)Oc1ccc(N(c2ccccc2)c2ccccc2)cc1.C=Cc1ccc2[nH]c3ccccc3c2c1.C=Cn1c2ccccc2c2ccccc21.c1ccc2c(c1)c1ccccc1n2CC1CCO1.c1ccc2c(c1)c1ccccc1n2CC1CO1. The number of nitrogens with one attached hydrogen (secondary N) is 1. The Morgan fingerprint density at radius 1 is 0.478 bits per heavy atom.